The van der Waals surface area contributed by atoms with E-state index in [2.05, 4.69) is 61.9 Å². The molecule has 5 rings (SSSR count). The third-order valence-corrected chi connectivity index (χ3v) is 6.71. The minimum absolute atomic E-state index is 0.652. The van der Waals surface area contributed by atoms with Gasteiger partial charge < -0.3 is 14.0 Å². The Morgan fingerprint density at radius 3 is 2.91 bits per heavy atom. The summed E-state index contributed by atoms with van der Waals surface area (Å²) in [5, 5.41) is 0. The predicted molar refractivity (Wildman–Crippen MR) is 129 cm³/mol. The zero-order chi connectivity index (χ0) is 22.5. The molecule has 0 spiro atoms. The van der Waals surface area contributed by atoms with Gasteiger partial charge in [0.05, 0.1) is 6.61 Å². The normalized spacial score (nSPS) is 19.6. The number of methoxy groups -OCH3 is 1. The van der Waals surface area contributed by atoms with E-state index in [4.69, 9.17) is 9.47 Å². The van der Waals surface area contributed by atoms with Crippen molar-refractivity contribution in [1.29, 1.82) is 0 Å². The van der Waals surface area contributed by atoms with Gasteiger partial charge >= 0.3 is 0 Å². The monoisotopic (exact) mass is 446 g/mol. The molecule has 1 aromatic carbocycles. The number of fused-ring (bicyclic) bond motifs is 1. The summed E-state index contributed by atoms with van der Waals surface area (Å²) in [6.45, 7) is 7.52. The molecule has 0 amide bonds. The van der Waals surface area contributed by atoms with E-state index in [1.54, 1.807) is 0 Å². The summed E-state index contributed by atoms with van der Waals surface area (Å²) >= 11 is 0. The average Bonchev–Trinajstić information content (AvgIpc) is 3.20. The van der Waals surface area contributed by atoms with E-state index >= 15 is 0 Å². The van der Waals surface area contributed by atoms with Crippen LogP contribution in [0, 0.1) is 5.92 Å². The number of hydrogen-bond donors (Lipinski definition) is 0. The van der Waals surface area contributed by atoms with Crippen LogP contribution >= 0.6 is 0 Å². The van der Waals surface area contributed by atoms with E-state index in [-0.39, 0.29) is 0 Å². The summed E-state index contributed by atoms with van der Waals surface area (Å²) in [7, 11) is 1.81. The molecule has 3 aromatic rings. The van der Waals surface area contributed by atoms with Crippen LogP contribution in [0.4, 0.5) is 0 Å². The fourth-order valence-corrected chi connectivity index (χ4v) is 5.15. The van der Waals surface area contributed by atoms with Gasteiger partial charge in [-0.25, -0.2) is 4.98 Å². The molecule has 0 saturated carbocycles. The third kappa shape index (κ3) is 5.46. The average molecular weight is 447 g/mol. The number of likely N-dealkylation sites (tertiary alicyclic amines) is 1. The van der Waals surface area contributed by atoms with Gasteiger partial charge in [-0.2, -0.15) is 0 Å². The van der Waals surface area contributed by atoms with Crippen LogP contribution in [0.2, 0.25) is 0 Å². The Kier molecular flexibility index (Phi) is 7.05. The lowest BCUT2D eigenvalue weighted by Crippen LogP contribution is -2.36. The van der Waals surface area contributed by atoms with Crippen LogP contribution in [0.3, 0.4) is 0 Å². The minimum atomic E-state index is 0.652. The number of rotatable bonds is 7. The number of ether oxygens (including phenoxy) is 2. The Labute approximate surface area is 196 Å². The standard InChI is InChI=1S/C27H34N4O2/c1-32-21-23-6-4-12-29(18-23)17-22-9-10-26-24(16-22)19-30(14-15-33-26)20-25-7-5-13-31(25)27-8-2-3-11-28-27/h2-3,5,7-11,13,16,23H,4,6,12,14-15,17-21H2,1H3. The highest BCUT2D eigenvalue weighted by atomic mass is 16.5. The van der Waals surface area contributed by atoms with Crippen molar-refractivity contribution >= 4 is 0 Å². The van der Waals surface area contributed by atoms with Crippen LogP contribution in [0.15, 0.2) is 60.9 Å². The maximum atomic E-state index is 6.12. The van der Waals surface area contributed by atoms with Crippen molar-refractivity contribution in [3.63, 3.8) is 0 Å². The van der Waals surface area contributed by atoms with Crippen LogP contribution in [0.1, 0.15) is 29.7 Å². The van der Waals surface area contributed by atoms with Gasteiger partial charge in [-0.15, -0.1) is 0 Å². The van der Waals surface area contributed by atoms with Gasteiger partial charge in [0.25, 0.3) is 0 Å². The molecule has 2 aliphatic rings. The van der Waals surface area contributed by atoms with E-state index in [1.165, 1.54) is 36.2 Å². The predicted octanol–water partition coefficient (Wildman–Crippen LogP) is 4.13. The molecule has 4 heterocycles. The van der Waals surface area contributed by atoms with Crippen molar-refractivity contribution in [2.24, 2.45) is 5.92 Å². The molecule has 0 radical (unpaired) electrons. The zero-order valence-electron chi connectivity index (χ0n) is 19.5. The van der Waals surface area contributed by atoms with Crippen molar-refractivity contribution in [3.05, 3.63) is 77.7 Å². The van der Waals surface area contributed by atoms with E-state index < -0.39 is 0 Å². The highest BCUT2D eigenvalue weighted by molar-refractivity contribution is 5.38. The maximum absolute atomic E-state index is 6.12. The van der Waals surface area contributed by atoms with Crippen molar-refractivity contribution in [1.82, 2.24) is 19.4 Å². The lowest BCUT2D eigenvalue weighted by atomic mass is 9.98. The van der Waals surface area contributed by atoms with Crippen molar-refractivity contribution in [3.8, 4) is 11.6 Å². The highest BCUT2D eigenvalue weighted by Gasteiger charge is 2.21. The topological polar surface area (TPSA) is 42.8 Å². The lowest BCUT2D eigenvalue weighted by molar-refractivity contribution is 0.0873. The van der Waals surface area contributed by atoms with Crippen molar-refractivity contribution in [2.75, 3.05) is 40.0 Å². The molecule has 2 aliphatic heterocycles. The van der Waals surface area contributed by atoms with Gasteiger partial charge in [0, 0.05) is 63.5 Å². The largest absolute Gasteiger partial charge is 0.492 e. The zero-order valence-corrected chi connectivity index (χ0v) is 19.5. The quantitative estimate of drug-likeness (QED) is 0.546. The summed E-state index contributed by atoms with van der Waals surface area (Å²) in [6.07, 6.45) is 6.47. The second-order valence-corrected chi connectivity index (χ2v) is 9.26. The molecule has 1 unspecified atom stereocenters. The first-order valence-corrected chi connectivity index (χ1v) is 12.0. The van der Waals surface area contributed by atoms with Crippen LogP contribution < -0.4 is 4.74 Å². The molecule has 1 saturated heterocycles. The minimum Gasteiger partial charge on any atom is -0.492 e. The molecule has 6 heteroatoms. The van der Waals surface area contributed by atoms with Crippen LogP contribution in [-0.2, 0) is 24.4 Å². The SMILES string of the molecule is COCC1CCCN(Cc2ccc3c(c2)CN(Cc2cccn2-c2ccccn2)CCO3)C1. The highest BCUT2D eigenvalue weighted by Crippen LogP contribution is 2.27. The first-order valence-electron chi connectivity index (χ1n) is 12.0. The molecular formula is C27H34N4O2. The summed E-state index contributed by atoms with van der Waals surface area (Å²) in [6, 6.07) is 17.1. The number of aromatic nitrogens is 2. The molecule has 33 heavy (non-hydrogen) atoms. The summed E-state index contributed by atoms with van der Waals surface area (Å²) < 4.78 is 13.7. The Hall–Kier alpha value is -2.67. The van der Waals surface area contributed by atoms with Gasteiger partial charge in [-0.3, -0.25) is 9.80 Å². The molecule has 0 bridgehead atoms. The Morgan fingerprint density at radius 1 is 1.06 bits per heavy atom. The molecule has 0 N–H and O–H groups in total. The summed E-state index contributed by atoms with van der Waals surface area (Å²) in [5.74, 6) is 2.63. The maximum Gasteiger partial charge on any atom is 0.136 e. The molecule has 174 valence electrons. The molecule has 1 atom stereocenters. The second kappa shape index (κ2) is 10.5. The second-order valence-electron chi connectivity index (χ2n) is 9.26. The first-order chi connectivity index (χ1) is 16.3. The van der Waals surface area contributed by atoms with E-state index in [0.717, 1.165) is 50.9 Å². The van der Waals surface area contributed by atoms with E-state index in [9.17, 15) is 0 Å². The van der Waals surface area contributed by atoms with Crippen LogP contribution in [0.25, 0.3) is 5.82 Å². The first kappa shape index (κ1) is 22.1. The van der Waals surface area contributed by atoms with Gasteiger partial charge in [-0.1, -0.05) is 12.1 Å². The number of piperidine rings is 1. The summed E-state index contributed by atoms with van der Waals surface area (Å²) in [5.41, 5.74) is 3.89. The van der Waals surface area contributed by atoms with Gasteiger partial charge in [0.2, 0.25) is 0 Å². The smallest absolute Gasteiger partial charge is 0.136 e. The molecule has 2 aromatic heterocycles. The number of benzene rings is 1. The van der Waals surface area contributed by atoms with Crippen LogP contribution in [0.5, 0.6) is 5.75 Å². The molecule has 1 fully saturated rings. The molecule has 0 aliphatic carbocycles. The van der Waals surface area contributed by atoms with E-state index in [1.807, 2.05) is 25.4 Å². The van der Waals surface area contributed by atoms with E-state index in [0.29, 0.717) is 12.5 Å². The third-order valence-electron chi connectivity index (χ3n) is 6.71. The lowest BCUT2D eigenvalue weighted by Gasteiger charge is -2.32. The summed E-state index contributed by atoms with van der Waals surface area (Å²) in [4.78, 5) is 9.57. The molecular weight excluding hydrogens is 412 g/mol. The Bertz CT molecular complexity index is 1030. The van der Waals surface area contributed by atoms with Gasteiger partial charge in [-0.05, 0) is 67.3 Å². The van der Waals surface area contributed by atoms with Crippen LogP contribution in [-0.4, -0.2) is 59.3 Å². The number of nitrogens with zero attached hydrogens (tertiary/aromatic N) is 4. The fraction of sp³-hybridized carbons (Fsp3) is 0.444. The van der Waals surface area contributed by atoms with Crippen molar-refractivity contribution in [2.45, 2.75) is 32.5 Å². The Balaban J connectivity index is 1.28. The molecule has 6 nitrogen and oxygen atoms in total. The number of pyridine rings is 1. The van der Waals surface area contributed by atoms with Crippen molar-refractivity contribution < 1.29 is 9.47 Å². The van der Waals surface area contributed by atoms with Gasteiger partial charge in [0.1, 0.15) is 18.2 Å². The fourth-order valence-electron chi connectivity index (χ4n) is 5.15. The van der Waals surface area contributed by atoms with Gasteiger partial charge in [0.15, 0.2) is 0 Å². The Morgan fingerprint density at radius 2 is 2.03 bits per heavy atom. The number of hydrogen-bond acceptors (Lipinski definition) is 5.